The maximum atomic E-state index is 12.6. The molecule has 6 nitrogen and oxygen atoms in total. The van der Waals surface area contributed by atoms with Crippen LogP contribution in [0.4, 0.5) is 10.5 Å². The minimum atomic E-state index is -0.756. The van der Waals surface area contributed by atoms with Gasteiger partial charge in [-0.15, -0.1) is 0 Å². The molecule has 7 heteroatoms. The van der Waals surface area contributed by atoms with Crippen LogP contribution in [-0.4, -0.2) is 40.1 Å². The third kappa shape index (κ3) is 4.75. The lowest BCUT2D eigenvalue weighted by molar-refractivity contribution is -0.125. The highest BCUT2D eigenvalue weighted by Gasteiger charge is 2.41. The number of amides is 3. The average molecular weight is 384 g/mol. The minimum Gasteiger partial charge on any atom is -0.394 e. The van der Waals surface area contributed by atoms with Crippen LogP contribution in [0.2, 0.25) is 0 Å². The van der Waals surface area contributed by atoms with Crippen molar-refractivity contribution in [1.82, 2.24) is 5.32 Å². The molecule has 1 aliphatic heterocycles. The van der Waals surface area contributed by atoms with Gasteiger partial charge in [0.15, 0.2) is 0 Å². The number of carbonyl (C=O) groups is 3. The summed E-state index contributed by atoms with van der Waals surface area (Å²) < 4.78 is 0. The Morgan fingerprint density at radius 2 is 1.70 bits per heavy atom. The highest BCUT2D eigenvalue weighted by molar-refractivity contribution is 8.15. The molecule has 1 saturated heterocycles. The Kier molecular flexibility index (Phi) is 6.26. The second kappa shape index (κ2) is 8.83. The second-order valence-corrected chi connectivity index (χ2v) is 7.38. The van der Waals surface area contributed by atoms with Crippen molar-refractivity contribution in [3.8, 4) is 0 Å². The number of thioether (sulfide) groups is 1. The Morgan fingerprint density at radius 3 is 2.33 bits per heavy atom. The first-order valence-corrected chi connectivity index (χ1v) is 9.50. The number of benzene rings is 2. The van der Waals surface area contributed by atoms with Crippen LogP contribution in [0.1, 0.15) is 12.0 Å². The van der Waals surface area contributed by atoms with Gasteiger partial charge in [0.05, 0.1) is 18.3 Å². The molecule has 0 unspecified atom stereocenters. The van der Waals surface area contributed by atoms with E-state index in [-0.39, 0.29) is 24.2 Å². The van der Waals surface area contributed by atoms with Crippen molar-refractivity contribution in [3.63, 3.8) is 0 Å². The fourth-order valence-corrected chi connectivity index (χ4v) is 3.90. The van der Waals surface area contributed by atoms with Crippen LogP contribution in [0.15, 0.2) is 60.7 Å². The van der Waals surface area contributed by atoms with Crippen molar-refractivity contribution < 1.29 is 19.5 Å². The van der Waals surface area contributed by atoms with E-state index >= 15 is 0 Å². The highest BCUT2D eigenvalue weighted by Crippen LogP contribution is 2.33. The van der Waals surface area contributed by atoms with Crippen molar-refractivity contribution in [1.29, 1.82) is 0 Å². The minimum absolute atomic E-state index is 0.107. The molecule has 3 amide bonds. The Bertz CT molecular complexity index is 813. The topological polar surface area (TPSA) is 86.7 Å². The molecule has 0 spiro atoms. The van der Waals surface area contributed by atoms with Crippen LogP contribution in [0, 0.1) is 0 Å². The van der Waals surface area contributed by atoms with Gasteiger partial charge in [-0.05, 0) is 35.9 Å². The van der Waals surface area contributed by atoms with Gasteiger partial charge < -0.3 is 10.4 Å². The van der Waals surface area contributed by atoms with Gasteiger partial charge in [0, 0.05) is 6.42 Å². The van der Waals surface area contributed by atoms with Crippen LogP contribution in [0.25, 0.3) is 0 Å². The molecule has 0 saturated carbocycles. The number of hydrogen-bond acceptors (Lipinski definition) is 5. The zero-order chi connectivity index (χ0) is 19.2. The van der Waals surface area contributed by atoms with Crippen LogP contribution in [0.3, 0.4) is 0 Å². The molecule has 27 heavy (non-hydrogen) atoms. The predicted octanol–water partition coefficient (Wildman–Crippen LogP) is 2.36. The van der Waals surface area contributed by atoms with E-state index in [4.69, 9.17) is 0 Å². The van der Waals surface area contributed by atoms with E-state index in [1.807, 2.05) is 30.3 Å². The number of rotatable bonds is 7. The SMILES string of the molecule is O=C(C[C@H]1SC(=O)N(c2ccccc2)C1=O)N[C@@H](CO)Cc1ccccc1. The zero-order valence-electron chi connectivity index (χ0n) is 14.6. The largest absolute Gasteiger partial charge is 0.394 e. The monoisotopic (exact) mass is 384 g/mol. The highest BCUT2D eigenvalue weighted by atomic mass is 32.2. The summed E-state index contributed by atoms with van der Waals surface area (Å²) in [7, 11) is 0. The molecule has 0 aliphatic carbocycles. The van der Waals surface area contributed by atoms with Crippen molar-refractivity contribution in [2.45, 2.75) is 24.1 Å². The first kappa shape index (κ1) is 19.1. The fraction of sp³-hybridized carbons (Fsp3) is 0.250. The summed E-state index contributed by atoms with van der Waals surface area (Å²) in [6, 6.07) is 17.7. The summed E-state index contributed by atoms with van der Waals surface area (Å²) in [5, 5.41) is 11.1. The van der Waals surface area contributed by atoms with Crippen LogP contribution < -0.4 is 10.2 Å². The van der Waals surface area contributed by atoms with Gasteiger partial charge in [-0.2, -0.15) is 0 Å². The van der Waals surface area contributed by atoms with Crippen molar-refractivity contribution in [2.24, 2.45) is 0 Å². The third-order valence-electron chi connectivity index (χ3n) is 4.22. The standard InChI is InChI=1S/C20H20N2O4S/c23-13-15(11-14-7-3-1-4-8-14)21-18(24)12-17-19(25)22(20(26)27-17)16-9-5-2-6-10-16/h1-10,15,17,23H,11-13H2,(H,21,24)/t15-,17-/m1/s1. The van der Waals surface area contributed by atoms with Crippen molar-refractivity contribution in [2.75, 3.05) is 11.5 Å². The fourth-order valence-electron chi connectivity index (χ4n) is 2.91. The van der Waals surface area contributed by atoms with Crippen molar-refractivity contribution >= 4 is 34.5 Å². The van der Waals surface area contributed by atoms with Gasteiger partial charge in [-0.25, -0.2) is 4.90 Å². The number of carbonyl (C=O) groups excluding carboxylic acids is 3. The predicted molar refractivity (Wildman–Crippen MR) is 104 cm³/mol. The summed E-state index contributed by atoms with van der Waals surface area (Å²) in [4.78, 5) is 38.2. The Morgan fingerprint density at radius 1 is 1.07 bits per heavy atom. The molecule has 140 valence electrons. The van der Waals surface area contributed by atoms with Crippen LogP contribution >= 0.6 is 11.8 Å². The number of aliphatic hydroxyl groups excluding tert-OH is 1. The summed E-state index contributed by atoms with van der Waals surface area (Å²) in [5.74, 6) is -0.756. The van der Waals surface area contributed by atoms with Crippen LogP contribution in [-0.2, 0) is 16.0 Å². The molecule has 3 rings (SSSR count). The number of para-hydroxylation sites is 1. The van der Waals surface area contributed by atoms with Gasteiger partial charge in [-0.1, -0.05) is 48.5 Å². The summed E-state index contributed by atoms with van der Waals surface area (Å²) >= 11 is 0.858. The van der Waals surface area contributed by atoms with E-state index in [0.717, 1.165) is 22.2 Å². The second-order valence-electron chi connectivity index (χ2n) is 6.22. The lowest BCUT2D eigenvalue weighted by Crippen LogP contribution is -2.41. The quantitative estimate of drug-likeness (QED) is 0.765. The lowest BCUT2D eigenvalue weighted by Gasteiger charge is -2.17. The Labute approximate surface area is 161 Å². The van der Waals surface area contributed by atoms with Crippen LogP contribution in [0.5, 0.6) is 0 Å². The molecule has 0 bridgehead atoms. The van der Waals surface area contributed by atoms with E-state index in [9.17, 15) is 19.5 Å². The van der Waals surface area contributed by atoms with Gasteiger partial charge >= 0.3 is 0 Å². The average Bonchev–Trinajstić information content (AvgIpc) is 2.95. The smallest absolute Gasteiger partial charge is 0.293 e. The molecule has 2 aromatic rings. The molecule has 0 aromatic heterocycles. The number of hydrogen-bond donors (Lipinski definition) is 2. The van der Waals surface area contributed by atoms with Gasteiger partial charge in [0.2, 0.25) is 11.8 Å². The molecule has 0 radical (unpaired) electrons. The summed E-state index contributed by atoms with van der Waals surface area (Å²) in [6.07, 6.45) is 0.383. The first-order chi connectivity index (χ1) is 13.1. The lowest BCUT2D eigenvalue weighted by atomic mass is 10.1. The van der Waals surface area contributed by atoms with E-state index in [1.54, 1.807) is 30.3 Å². The van der Waals surface area contributed by atoms with E-state index in [2.05, 4.69) is 5.32 Å². The number of imide groups is 1. The molecule has 1 aliphatic rings. The summed E-state index contributed by atoms with van der Waals surface area (Å²) in [6.45, 7) is -0.207. The van der Waals surface area contributed by atoms with Gasteiger partial charge in [0.25, 0.3) is 5.24 Å². The maximum Gasteiger partial charge on any atom is 0.293 e. The number of nitrogens with one attached hydrogen (secondary N) is 1. The molecule has 1 heterocycles. The number of aliphatic hydroxyl groups is 1. The normalized spacial score (nSPS) is 17.8. The van der Waals surface area contributed by atoms with Gasteiger partial charge in [-0.3, -0.25) is 14.4 Å². The van der Waals surface area contributed by atoms with E-state index < -0.39 is 17.2 Å². The Balaban J connectivity index is 1.59. The number of anilines is 1. The van der Waals surface area contributed by atoms with Gasteiger partial charge in [0.1, 0.15) is 5.25 Å². The first-order valence-electron chi connectivity index (χ1n) is 8.62. The molecule has 2 atom stereocenters. The molecule has 1 fully saturated rings. The maximum absolute atomic E-state index is 12.6. The Hall–Kier alpha value is -2.64. The summed E-state index contributed by atoms with van der Waals surface area (Å²) in [5.41, 5.74) is 1.49. The zero-order valence-corrected chi connectivity index (χ0v) is 15.4. The molecule has 2 aromatic carbocycles. The molecular formula is C20H20N2O4S. The van der Waals surface area contributed by atoms with E-state index in [1.165, 1.54) is 0 Å². The molecule has 2 N–H and O–H groups in total. The third-order valence-corrected chi connectivity index (χ3v) is 5.25. The van der Waals surface area contributed by atoms with E-state index in [0.29, 0.717) is 12.1 Å². The van der Waals surface area contributed by atoms with Crippen molar-refractivity contribution in [3.05, 3.63) is 66.2 Å². The number of nitrogens with zero attached hydrogens (tertiary/aromatic N) is 1. The molecular weight excluding hydrogens is 364 g/mol.